The first kappa shape index (κ1) is 11.5. The second-order valence-corrected chi connectivity index (χ2v) is 3.28. The van der Waals surface area contributed by atoms with Crippen molar-refractivity contribution in [3.05, 3.63) is 12.3 Å². The minimum Gasteiger partial charge on any atom is -0.378 e. The maximum Gasteiger partial charge on any atom is 0.0174 e. The van der Waals surface area contributed by atoms with Crippen LogP contribution in [0.1, 0.15) is 20.3 Å². The Kier molecular flexibility index (Phi) is 6.87. The van der Waals surface area contributed by atoms with Crippen LogP contribution in [0.25, 0.3) is 0 Å². The average molecular weight is 170 g/mol. The van der Waals surface area contributed by atoms with Crippen molar-refractivity contribution in [2.24, 2.45) is 0 Å². The van der Waals surface area contributed by atoms with Crippen LogP contribution in [0.5, 0.6) is 0 Å². The Morgan fingerprint density at radius 1 is 1.17 bits per heavy atom. The van der Waals surface area contributed by atoms with Gasteiger partial charge in [-0.1, -0.05) is 13.0 Å². The highest BCUT2D eigenvalue weighted by Crippen LogP contribution is 1.92. The monoisotopic (exact) mass is 170 g/mol. The van der Waals surface area contributed by atoms with E-state index in [0.29, 0.717) is 0 Å². The quantitative estimate of drug-likeness (QED) is 0.599. The van der Waals surface area contributed by atoms with Crippen LogP contribution in [-0.2, 0) is 0 Å². The number of nitrogens with zero attached hydrogens (tertiary/aromatic N) is 2. The Labute approximate surface area is 76.9 Å². The second-order valence-electron chi connectivity index (χ2n) is 3.28. The van der Waals surface area contributed by atoms with Gasteiger partial charge < -0.3 is 9.80 Å². The Hall–Kier alpha value is -0.500. The van der Waals surface area contributed by atoms with E-state index in [1.54, 1.807) is 0 Å². The molecule has 0 unspecified atom stereocenters. The van der Waals surface area contributed by atoms with Crippen LogP contribution >= 0.6 is 0 Å². The van der Waals surface area contributed by atoms with Crippen LogP contribution in [0.4, 0.5) is 0 Å². The molecular formula is C10H22N2. The molecule has 72 valence electrons. The van der Waals surface area contributed by atoms with E-state index >= 15 is 0 Å². The smallest absolute Gasteiger partial charge is 0.0174 e. The maximum absolute atomic E-state index is 2.34. The first-order chi connectivity index (χ1) is 5.70. The molecule has 0 N–H and O–H groups in total. The van der Waals surface area contributed by atoms with Crippen molar-refractivity contribution in [1.82, 2.24) is 9.80 Å². The first-order valence-electron chi connectivity index (χ1n) is 4.76. The highest BCUT2D eigenvalue weighted by Gasteiger charge is 1.91. The molecule has 12 heavy (non-hydrogen) atoms. The van der Waals surface area contributed by atoms with E-state index in [-0.39, 0.29) is 0 Å². The van der Waals surface area contributed by atoms with E-state index in [9.17, 15) is 0 Å². The minimum absolute atomic E-state index is 1.03. The van der Waals surface area contributed by atoms with Crippen molar-refractivity contribution >= 4 is 0 Å². The second kappa shape index (κ2) is 7.17. The molecule has 0 aliphatic carbocycles. The van der Waals surface area contributed by atoms with Gasteiger partial charge in [0.25, 0.3) is 0 Å². The van der Waals surface area contributed by atoms with E-state index in [2.05, 4.69) is 50.0 Å². The van der Waals surface area contributed by atoms with Crippen LogP contribution in [0, 0.1) is 0 Å². The molecule has 0 atom stereocenters. The third-order valence-corrected chi connectivity index (χ3v) is 1.70. The molecule has 0 aromatic heterocycles. The molecular weight excluding hydrogens is 148 g/mol. The van der Waals surface area contributed by atoms with Crippen molar-refractivity contribution in [1.29, 1.82) is 0 Å². The largest absolute Gasteiger partial charge is 0.378 e. The lowest BCUT2D eigenvalue weighted by molar-refractivity contribution is 0.389. The SMILES string of the molecule is CCCN(C=CCN(C)C)CC. The summed E-state index contributed by atoms with van der Waals surface area (Å²) in [7, 11) is 4.17. The molecule has 0 amide bonds. The number of hydrogen-bond donors (Lipinski definition) is 0. The highest BCUT2D eigenvalue weighted by molar-refractivity contribution is 4.83. The zero-order valence-corrected chi connectivity index (χ0v) is 8.88. The lowest BCUT2D eigenvalue weighted by Gasteiger charge is -2.17. The molecule has 0 fully saturated rings. The van der Waals surface area contributed by atoms with Gasteiger partial charge >= 0.3 is 0 Å². The van der Waals surface area contributed by atoms with Crippen LogP contribution in [-0.4, -0.2) is 43.5 Å². The van der Waals surface area contributed by atoms with E-state index in [1.807, 2.05) is 0 Å². The Morgan fingerprint density at radius 3 is 2.25 bits per heavy atom. The molecule has 0 saturated carbocycles. The van der Waals surface area contributed by atoms with Gasteiger partial charge in [0, 0.05) is 19.6 Å². The average Bonchev–Trinajstić information content (AvgIpc) is 2.02. The van der Waals surface area contributed by atoms with Gasteiger partial charge in [-0.2, -0.15) is 0 Å². The zero-order chi connectivity index (χ0) is 9.40. The van der Waals surface area contributed by atoms with Crippen LogP contribution < -0.4 is 0 Å². The predicted octanol–water partition coefficient (Wildman–Crippen LogP) is 1.79. The lowest BCUT2D eigenvalue weighted by Crippen LogP contribution is -2.18. The van der Waals surface area contributed by atoms with Crippen LogP contribution in [0.3, 0.4) is 0 Å². The van der Waals surface area contributed by atoms with Crippen molar-refractivity contribution in [3.63, 3.8) is 0 Å². The van der Waals surface area contributed by atoms with Gasteiger partial charge in [0.2, 0.25) is 0 Å². The summed E-state index contributed by atoms with van der Waals surface area (Å²) in [4.78, 5) is 4.50. The molecule has 0 aliphatic heterocycles. The van der Waals surface area contributed by atoms with Crippen molar-refractivity contribution in [2.75, 3.05) is 33.7 Å². The molecule has 0 spiro atoms. The summed E-state index contributed by atoms with van der Waals surface area (Å²) in [5.41, 5.74) is 0. The fraction of sp³-hybridized carbons (Fsp3) is 0.800. The van der Waals surface area contributed by atoms with Gasteiger partial charge in [-0.25, -0.2) is 0 Å². The zero-order valence-electron chi connectivity index (χ0n) is 8.88. The molecule has 0 rings (SSSR count). The summed E-state index contributed by atoms with van der Waals surface area (Å²) in [5, 5.41) is 0. The lowest BCUT2D eigenvalue weighted by atomic mass is 10.4. The standard InChI is InChI=1S/C10H22N2/c1-5-8-12(6-2)10-7-9-11(3)4/h7,10H,5-6,8-9H2,1-4H3. The predicted molar refractivity (Wildman–Crippen MR) is 55.2 cm³/mol. The number of likely N-dealkylation sites (N-methyl/N-ethyl adjacent to an activating group) is 1. The summed E-state index contributed by atoms with van der Waals surface area (Å²) in [5.74, 6) is 0. The maximum atomic E-state index is 2.34. The van der Waals surface area contributed by atoms with Gasteiger partial charge in [0.05, 0.1) is 0 Å². The third-order valence-electron chi connectivity index (χ3n) is 1.70. The van der Waals surface area contributed by atoms with E-state index in [0.717, 1.165) is 13.1 Å². The third kappa shape index (κ3) is 6.23. The van der Waals surface area contributed by atoms with Gasteiger partial charge in [-0.3, -0.25) is 0 Å². The summed E-state index contributed by atoms with van der Waals surface area (Å²) in [6.07, 6.45) is 5.63. The van der Waals surface area contributed by atoms with E-state index in [1.165, 1.54) is 13.0 Å². The summed E-state index contributed by atoms with van der Waals surface area (Å²) >= 11 is 0. The molecule has 0 aromatic rings. The molecule has 0 bridgehead atoms. The van der Waals surface area contributed by atoms with Crippen LogP contribution in [0.2, 0.25) is 0 Å². The Balaban J connectivity index is 3.60. The van der Waals surface area contributed by atoms with E-state index < -0.39 is 0 Å². The summed E-state index contributed by atoms with van der Waals surface area (Å²) in [6, 6.07) is 0. The number of hydrogen-bond acceptors (Lipinski definition) is 2. The molecule has 0 aromatic carbocycles. The fourth-order valence-corrected chi connectivity index (χ4v) is 1.03. The van der Waals surface area contributed by atoms with Crippen molar-refractivity contribution in [2.45, 2.75) is 20.3 Å². The van der Waals surface area contributed by atoms with Crippen molar-refractivity contribution < 1.29 is 0 Å². The molecule has 0 heterocycles. The molecule has 0 aliphatic rings. The van der Waals surface area contributed by atoms with Crippen molar-refractivity contribution in [3.8, 4) is 0 Å². The fourth-order valence-electron chi connectivity index (χ4n) is 1.03. The van der Waals surface area contributed by atoms with E-state index in [4.69, 9.17) is 0 Å². The van der Waals surface area contributed by atoms with Gasteiger partial charge in [0.1, 0.15) is 0 Å². The topological polar surface area (TPSA) is 6.48 Å². The minimum atomic E-state index is 1.03. The normalized spacial score (nSPS) is 11.4. The molecule has 2 heteroatoms. The van der Waals surface area contributed by atoms with Gasteiger partial charge in [-0.05, 0) is 33.6 Å². The molecule has 0 radical (unpaired) electrons. The molecule has 2 nitrogen and oxygen atoms in total. The van der Waals surface area contributed by atoms with Crippen LogP contribution in [0.15, 0.2) is 12.3 Å². The summed E-state index contributed by atoms with van der Waals surface area (Å²) < 4.78 is 0. The first-order valence-corrected chi connectivity index (χ1v) is 4.76. The van der Waals surface area contributed by atoms with Gasteiger partial charge in [-0.15, -0.1) is 0 Å². The Bertz CT molecular complexity index is 119. The highest BCUT2D eigenvalue weighted by atomic mass is 15.1. The Morgan fingerprint density at radius 2 is 1.83 bits per heavy atom. The van der Waals surface area contributed by atoms with Gasteiger partial charge in [0.15, 0.2) is 0 Å². The molecule has 0 saturated heterocycles. The number of rotatable bonds is 6. The summed E-state index contributed by atoms with van der Waals surface area (Å²) in [6.45, 7) is 7.70.